The fraction of sp³-hybridized carbons (Fsp3) is 0.579. The summed E-state index contributed by atoms with van der Waals surface area (Å²) in [5.74, 6) is 1.14. The molecule has 2 fully saturated rings. The minimum Gasteiger partial charge on any atom is -0.320 e. The number of benzene rings is 1. The van der Waals surface area contributed by atoms with Crippen LogP contribution in [0.1, 0.15) is 31.2 Å². The molecule has 146 valence electrons. The first-order valence-corrected chi connectivity index (χ1v) is 10.9. The molecule has 0 aliphatic carbocycles. The second kappa shape index (κ2) is 6.68. The van der Waals surface area contributed by atoms with Gasteiger partial charge in [0.1, 0.15) is 12.2 Å². The smallest absolute Gasteiger partial charge is 0.216 e. The van der Waals surface area contributed by atoms with Crippen LogP contribution < -0.4 is 0 Å². The fourth-order valence-electron chi connectivity index (χ4n) is 4.45. The molecule has 0 radical (unpaired) electrons. The molecule has 0 bridgehead atoms. The van der Waals surface area contributed by atoms with Crippen molar-refractivity contribution in [1.29, 1.82) is 0 Å². The molecule has 0 amide bonds. The molecule has 1 unspecified atom stereocenters. The zero-order valence-corrected chi connectivity index (χ0v) is 16.9. The van der Waals surface area contributed by atoms with E-state index in [0.29, 0.717) is 13.1 Å². The Balaban J connectivity index is 1.58. The Morgan fingerprint density at radius 2 is 1.89 bits per heavy atom. The van der Waals surface area contributed by atoms with Crippen LogP contribution in [0.25, 0.3) is 0 Å². The molecule has 2 aromatic rings. The number of aryl methyl sites for hydroxylation is 1. The summed E-state index contributed by atoms with van der Waals surface area (Å²) in [5.41, 5.74) is 1.19. The van der Waals surface area contributed by atoms with Gasteiger partial charge in [-0.1, -0.05) is 30.3 Å². The van der Waals surface area contributed by atoms with Crippen LogP contribution >= 0.6 is 0 Å². The van der Waals surface area contributed by atoms with E-state index >= 15 is 0 Å². The molecule has 1 aromatic heterocycles. The second-order valence-electron chi connectivity index (χ2n) is 8.23. The Morgan fingerprint density at radius 3 is 2.48 bits per heavy atom. The van der Waals surface area contributed by atoms with Crippen molar-refractivity contribution in [2.45, 2.75) is 31.6 Å². The van der Waals surface area contributed by atoms with Crippen molar-refractivity contribution in [3.63, 3.8) is 0 Å². The van der Waals surface area contributed by atoms with Gasteiger partial charge in [0, 0.05) is 51.1 Å². The highest BCUT2D eigenvalue weighted by atomic mass is 32.2. The number of nitrogens with zero attached hydrogens (tertiary/aromatic N) is 5. The van der Waals surface area contributed by atoms with Crippen LogP contribution in [0.3, 0.4) is 0 Å². The highest BCUT2D eigenvalue weighted by Crippen LogP contribution is 2.50. The van der Waals surface area contributed by atoms with E-state index in [1.54, 1.807) is 24.5 Å². The third-order valence-electron chi connectivity index (χ3n) is 5.96. The third-order valence-corrected chi connectivity index (χ3v) is 8.13. The molecular weight excluding hydrogens is 362 g/mol. The lowest BCUT2D eigenvalue weighted by atomic mass is 9.72. The predicted octanol–water partition coefficient (Wildman–Crippen LogP) is 1.45. The summed E-state index contributed by atoms with van der Waals surface area (Å²) >= 11 is 0. The molecule has 27 heavy (non-hydrogen) atoms. The van der Waals surface area contributed by atoms with Gasteiger partial charge in [0.15, 0.2) is 0 Å². The van der Waals surface area contributed by atoms with Gasteiger partial charge < -0.3 is 4.57 Å². The Kier molecular flexibility index (Phi) is 4.60. The van der Waals surface area contributed by atoms with Crippen LogP contribution in [0, 0.1) is 5.41 Å². The van der Waals surface area contributed by atoms with E-state index in [2.05, 4.69) is 39.4 Å². The lowest BCUT2D eigenvalue weighted by Crippen LogP contribution is -2.62. The first kappa shape index (κ1) is 18.6. The van der Waals surface area contributed by atoms with Crippen LogP contribution in [0.2, 0.25) is 0 Å². The first-order valence-electron chi connectivity index (χ1n) is 9.41. The van der Waals surface area contributed by atoms with Gasteiger partial charge in [-0.2, -0.15) is 0 Å². The molecule has 2 aliphatic heterocycles. The van der Waals surface area contributed by atoms with Crippen molar-refractivity contribution in [1.82, 2.24) is 24.0 Å². The van der Waals surface area contributed by atoms with Gasteiger partial charge in [-0.05, 0) is 19.4 Å². The van der Waals surface area contributed by atoms with E-state index in [0.717, 1.165) is 25.5 Å². The van der Waals surface area contributed by atoms with E-state index in [-0.39, 0.29) is 16.6 Å². The van der Waals surface area contributed by atoms with Crippen LogP contribution in [-0.4, -0.2) is 63.8 Å². The molecule has 8 heteroatoms. The zero-order chi connectivity index (χ0) is 19.2. The predicted molar refractivity (Wildman–Crippen MR) is 104 cm³/mol. The lowest BCUT2D eigenvalue weighted by molar-refractivity contribution is 0.0593. The monoisotopic (exact) mass is 389 g/mol. The maximum atomic E-state index is 12.6. The Morgan fingerprint density at radius 1 is 1.19 bits per heavy atom. The van der Waals surface area contributed by atoms with Crippen LogP contribution in [0.15, 0.2) is 36.7 Å². The van der Waals surface area contributed by atoms with Crippen molar-refractivity contribution in [3.05, 3.63) is 48.0 Å². The maximum Gasteiger partial charge on any atom is 0.216 e. The summed E-state index contributed by atoms with van der Waals surface area (Å²) in [6.45, 7) is 7.24. The lowest BCUT2D eigenvalue weighted by Gasteiger charge is -2.50. The van der Waals surface area contributed by atoms with Crippen molar-refractivity contribution < 1.29 is 8.42 Å². The SMILES string of the molecule is CC(C)S(=O)(=O)N1CC2(CN(Cc3ccccc3)CC2c2nncn2C)C1. The van der Waals surface area contributed by atoms with Crippen LogP contribution in [-0.2, 0) is 23.6 Å². The molecule has 2 saturated heterocycles. The van der Waals surface area contributed by atoms with Crippen LogP contribution in [0.5, 0.6) is 0 Å². The van der Waals surface area contributed by atoms with E-state index < -0.39 is 10.0 Å². The van der Waals surface area contributed by atoms with Crippen LogP contribution in [0.4, 0.5) is 0 Å². The molecule has 3 heterocycles. The topological polar surface area (TPSA) is 71.3 Å². The zero-order valence-electron chi connectivity index (χ0n) is 16.1. The van der Waals surface area contributed by atoms with Gasteiger partial charge in [0.05, 0.1) is 5.25 Å². The quantitative estimate of drug-likeness (QED) is 0.774. The molecule has 7 nitrogen and oxygen atoms in total. The van der Waals surface area contributed by atoms with E-state index in [4.69, 9.17) is 0 Å². The molecule has 4 rings (SSSR count). The van der Waals surface area contributed by atoms with Gasteiger partial charge >= 0.3 is 0 Å². The average molecular weight is 390 g/mol. The summed E-state index contributed by atoms with van der Waals surface area (Å²) in [4.78, 5) is 2.42. The Hall–Kier alpha value is -1.77. The van der Waals surface area contributed by atoms with Crippen molar-refractivity contribution in [2.75, 3.05) is 26.2 Å². The maximum absolute atomic E-state index is 12.6. The van der Waals surface area contributed by atoms with Crippen molar-refractivity contribution in [2.24, 2.45) is 12.5 Å². The number of likely N-dealkylation sites (tertiary alicyclic amines) is 1. The van der Waals surface area contributed by atoms with Gasteiger partial charge in [0.25, 0.3) is 0 Å². The van der Waals surface area contributed by atoms with Gasteiger partial charge in [0.2, 0.25) is 10.0 Å². The minimum absolute atomic E-state index is 0.0858. The largest absolute Gasteiger partial charge is 0.320 e. The molecule has 1 spiro atoms. The molecule has 1 aromatic carbocycles. The highest BCUT2D eigenvalue weighted by Gasteiger charge is 2.58. The third kappa shape index (κ3) is 3.19. The Bertz CT molecular complexity index is 903. The number of hydrogen-bond acceptors (Lipinski definition) is 5. The summed E-state index contributed by atoms with van der Waals surface area (Å²) in [7, 11) is -1.25. The average Bonchev–Trinajstić information content (AvgIpc) is 3.17. The van der Waals surface area contributed by atoms with E-state index in [1.165, 1.54) is 5.56 Å². The number of aromatic nitrogens is 3. The summed E-state index contributed by atoms with van der Waals surface area (Å²) in [6, 6.07) is 10.4. The minimum atomic E-state index is -3.21. The summed E-state index contributed by atoms with van der Waals surface area (Å²) < 4.78 is 28.7. The Labute approximate surface area is 161 Å². The molecule has 2 aliphatic rings. The van der Waals surface area contributed by atoms with Gasteiger partial charge in [-0.25, -0.2) is 12.7 Å². The first-order chi connectivity index (χ1) is 12.8. The van der Waals surface area contributed by atoms with Crippen molar-refractivity contribution in [3.8, 4) is 0 Å². The normalized spacial score (nSPS) is 23.2. The fourth-order valence-corrected chi connectivity index (χ4v) is 5.92. The number of hydrogen-bond donors (Lipinski definition) is 0. The summed E-state index contributed by atoms with van der Waals surface area (Å²) in [6.07, 6.45) is 1.73. The highest BCUT2D eigenvalue weighted by molar-refractivity contribution is 7.89. The van der Waals surface area contributed by atoms with E-state index in [9.17, 15) is 8.42 Å². The van der Waals surface area contributed by atoms with Gasteiger partial charge in [-0.3, -0.25) is 4.90 Å². The number of rotatable bonds is 5. The molecule has 1 atom stereocenters. The second-order valence-corrected chi connectivity index (χ2v) is 10.7. The number of sulfonamides is 1. The van der Waals surface area contributed by atoms with E-state index in [1.807, 2.05) is 17.7 Å². The molecule has 0 N–H and O–H groups in total. The standard InChI is InChI=1S/C19H27N5O2S/c1-15(2)27(25,26)24-12-19(13-24)11-23(9-16-7-5-4-6-8-16)10-17(19)18-21-20-14-22(18)3/h4-8,14-15,17H,9-13H2,1-3H3. The molecule has 0 saturated carbocycles. The summed E-state index contributed by atoms with van der Waals surface area (Å²) in [5, 5.41) is 8.03. The van der Waals surface area contributed by atoms with Gasteiger partial charge in [-0.15, -0.1) is 10.2 Å². The van der Waals surface area contributed by atoms with Crippen molar-refractivity contribution >= 4 is 10.0 Å². The molecular formula is C19H27N5O2S.